The zero-order valence-electron chi connectivity index (χ0n) is 16.1. The Morgan fingerprint density at radius 3 is 2.54 bits per heavy atom. The molecule has 0 fully saturated rings. The van der Waals surface area contributed by atoms with Crippen LogP contribution in [0.15, 0.2) is 54.6 Å². The number of nitrogens with zero attached hydrogens (tertiary/aromatic N) is 4. The van der Waals surface area contributed by atoms with Crippen molar-refractivity contribution >= 4 is 17.4 Å². The van der Waals surface area contributed by atoms with Gasteiger partial charge in [-0.25, -0.2) is 9.50 Å². The van der Waals surface area contributed by atoms with Crippen molar-refractivity contribution in [2.45, 2.75) is 27.2 Å². The van der Waals surface area contributed by atoms with Crippen LogP contribution in [0.2, 0.25) is 0 Å². The molecule has 0 spiro atoms. The summed E-state index contributed by atoms with van der Waals surface area (Å²) in [4.78, 5) is 21.7. The van der Waals surface area contributed by atoms with Gasteiger partial charge >= 0.3 is 0 Å². The number of anilines is 1. The van der Waals surface area contributed by atoms with Gasteiger partial charge in [-0.1, -0.05) is 42.0 Å². The van der Waals surface area contributed by atoms with Crippen LogP contribution in [0, 0.1) is 20.8 Å². The molecule has 4 aromatic rings. The molecule has 0 saturated heterocycles. The number of nitrogens with one attached hydrogen (secondary N) is 1. The van der Waals surface area contributed by atoms with Gasteiger partial charge in [0.05, 0.1) is 6.42 Å². The molecule has 0 radical (unpaired) electrons. The van der Waals surface area contributed by atoms with E-state index in [-0.39, 0.29) is 12.3 Å². The van der Waals surface area contributed by atoms with Crippen LogP contribution in [0.1, 0.15) is 22.5 Å². The van der Waals surface area contributed by atoms with Gasteiger partial charge in [0.1, 0.15) is 0 Å². The Bertz CT molecular complexity index is 1160. The van der Waals surface area contributed by atoms with Crippen LogP contribution in [0.3, 0.4) is 0 Å². The van der Waals surface area contributed by atoms with E-state index >= 15 is 0 Å². The fraction of sp³-hybridized carbons (Fsp3) is 0.182. The van der Waals surface area contributed by atoms with Crippen LogP contribution < -0.4 is 5.32 Å². The fourth-order valence-electron chi connectivity index (χ4n) is 3.26. The molecule has 0 saturated carbocycles. The van der Waals surface area contributed by atoms with Gasteiger partial charge in [0.2, 0.25) is 5.91 Å². The molecule has 6 nitrogen and oxygen atoms in total. The SMILES string of the molecule is Cc1cccc(-c2nc3nc(C)c(CC(=O)Nc4ccccc4)c(C)n3n2)c1. The second-order valence-electron chi connectivity index (χ2n) is 6.87. The van der Waals surface area contributed by atoms with Gasteiger partial charge in [-0.15, -0.1) is 5.10 Å². The molecule has 2 aromatic carbocycles. The summed E-state index contributed by atoms with van der Waals surface area (Å²) in [7, 11) is 0. The minimum Gasteiger partial charge on any atom is -0.326 e. The summed E-state index contributed by atoms with van der Waals surface area (Å²) in [5.41, 5.74) is 5.40. The summed E-state index contributed by atoms with van der Waals surface area (Å²) in [6, 6.07) is 17.5. The van der Waals surface area contributed by atoms with Gasteiger partial charge in [-0.2, -0.15) is 4.98 Å². The zero-order valence-corrected chi connectivity index (χ0v) is 16.1. The normalized spacial score (nSPS) is 11.0. The summed E-state index contributed by atoms with van der Waals surface area (Å²) >= 11 is 0. The van der Waals surface area contributed by atoms with Crippen LogP contribution in [0.25, 0.3) is 17.2 Å². The Morgan fingerprint density at radius 1 is 1.00 bits per heavy atom. The van der Waals surface area contributed by atoms with Crippen LogP contribution in [-0.2, 0) is 11.2 Å². The first-order valence-electron chi connectivity index (χ1n) is 9.16. The first-order valence-corrected chi connectivity index (χ1v) is 9.16. The quantitative estimate of drug-likeness (QED) is 0.591. The van der Waals surface area contributed by atoms with Crippen LogP contribution >= 0.6 is 0 Å². The molecular formula is C22H21N5O. The van der Waals surface area contributed by atoms with Gasteiger partial charge in [-0.05, 0) is 39.0 Å². The molecule has 0 aliphatic carbocycles. The van der Waals surface area contributed by atoms with E-state index in [4.69, 9.17) is 0 Å². The smallest absolute Gasteiger partial charge is 0.253 e. The lowest BCUT2D eigenvalue weighted by Gasteiger charge is -2.10. The molecule has 0 atom stereocenters. The Balaban J connectivity index is 1.67. The monoisotopic (exact) mass is 371 g/mol. The number of hydrogen-bond donors (Lipinski definition) is 1. The third kappa shape index (κ3) is 3.49. The van der Waals surface area contributed by atoms with Crippen LogP contribution in [-0.4, -0.2) is 25.5 Å². The summed E-state index contributed by atoms with van der Waals surface area (Å²) in [5.74, 6) is 1.08. The topological polar surface area (TPSA) is 72.2 Å². The lowest BCUT2D eigenvalue weighted by atomic mass is 10.1. The van der Waals surface area contributed by atoms with Gasteiger partial charge < -0.3 is 5.32 Å². The van der Waals surface area contributed by atoms with E-state index < -0.39 is 0 Å². The van der Waals surface area contributed by atoms with Crippen molar-refractivity contribution in [2.24, 2.45) is 0 Å². The Labute approximate surface area is 163 Å². The molecule has 2 aromatic heterocycles. The van der Waals surface area contributed by atoms with E-state index in [1.54, 1.807) is 4.52 Å². The number of benzene rings is 2. The Hall–Kier alpha value is -3.54. The molecular weight excluding hydrogens is 350 g/mol. The maximum Gasteiger partial charge on any atom is 0.253 e. The molecule has 6 heteroatoms. The van der Waals surface area contributed by atoms with E-state index in [0.717, 1.165) is 33.8 Å². The molecule has 28 heavy (non-hydrogen) atoms. The van der Waals surface area contributed by atoms with Gasteiger partial charge in [0.15, 0.2) is 5.82 Å². The minimum atomic E-state index is -0.0856. The van der Waals surface area contributed by atoms with Gasteiger partial charge in [0, 0.05) is 28.2 Å². The van der Waals surface area contributed by atoms with Crippen molar-refractivity contribution in [1.82, 2.24) is 19.6 Å². The van der Waals surface area contributed by atoms with Crippen LogP contribution in [0.5, 0.6) is 0 Å². The third-order valence-corrected chi connectivity index (χ3v) is 4.72. The molecule has 2 heterocycles. The van der Waals surface area contributed by atoms with Crippen molar-refractivity contribution in [3.63, 3.8) is 0 Å². The molecule has 0 bridgehead atoms. The lowest BCUT2D eigenvalue weighted by Crippen LogP contribution is -2.17. The highest BCUT2D eigenvalue weighted by Gasteiger charge is 2.17. The maximum absolute atomic E-state index is 12.5. The predicted octanol–water partition coefficient (Wildman–Crippen LogP) is 3.90. The predicted molar refractivity (Wildman–Crippen MR) is 109 cm³/mol. The van der Waals surface area contributed by atoms with E-state index in [1.807, 2.05) is 75.4 Å². The number of hydrogen-bond acceptors (Lipinski definition) is 4. The van der Waals surface area contributed by atoms with Crippen molar-refractivity contribution < 1.29 is 4.79 Å². The van der Waals surface area contributed by atoms with Crippen molar-refractivity contribution in [3.05, 3.63) is 77.1 Å². The van der Waals surface area contributed by atoms with Gasteiger partial charge in [-0.3, -0.25) is 4.79 Å². The number of rotatable bonds is 4. The highest BCUT2D eigenvalue weighted by Crippen LogP contribution is 2.20. The van der Waals surface area contributed by atoms with E-state index in [1.165, 1.54) is 0 Å². The van der Waals surface area contributed by atoms with Gasteiger partial charge in [0.25, 0.3) is 5.78 Å². The number of carbonyl (C=O) groups excluding carboxylic acids is 1. The van der Waals surface area contributed by atoms with Crippen molar-refractivity contribution in [3.8, 4) is 11.4 Å². The zero-order chi connectivity index (χ0) is 19.7. The third-order valence-electron chi connectivity index (χ3n) is 4.72. The number of aromatic nitrogens is 4. The number of amides is 1. The molecule has 1 N–H and O–H groups in total. The average molecular weight is 371 g/mol. The molecule has 0 unspecified atom stereocenters. The summed E-state index contributed by atoms with van der Waals surface area (Å²) in [5, 5.41) is 7.55. The summed E-state index contributed by atoms with van der Waals surface area (Å²) in [6.07, 6.45) is 0.231. The molecule has 1 amide bonds. The molecule has 0 aliphatic heterocycles. The second-order valence-corrected chi connectivity index (χ2v) is 6.87. The lowest BCUT2D eigenvalue weighted by molar-refractivity contribution is -0.115. The van der Waals surface area contributed by atoms with Crippen molar-refractivity contribution in [2.75, 3.05) is 5.32 Å². The van der Waals surface area contributed by atoms with E-state index in [0.29, 0.717) is 11.6 Å². The number of fused-ring (bicyclic) bond motifs is 1. The molecule has 4 rings (SSSR count). The standard InChI is InChI=1S/C22H21N5O/c1-14-8-7-9-17(12-14)21-25-22-23-15(2)19(16(3)27(22)26-21)13-20(28)24-18-10-5-4-6-11-18/h4-12H,13H2,1-3H3,(H,24,28). The van der Waals surface area contributed by atoms with E-state index in [9.17, 15) is 4.79 Å². The highest BCUT2D eigenvalue weighted by atomic mass is 16.1. The summed E-state index contributed by atoms with van der Waals surface area (Å²) in [6.45, 7) is 5.89. The number of carbonyl (C=O) groups is 1. The molecule has 140 valence electrons. The maximum atomic E-state index is 12.5. The highest BCUT2D eigenvalue weighted by molar-refractivity contribution is 5.92. The molecule has 0 aliphatic rings. The largest absolute Gasteiger partial charge is 0.326 e. The number of aryl methyl sites for hydroxylation is 3. The average Bonchev–Trinajstić information content (AvgIpc) is 3.10. The van der Waals surface area contributed by atoms with Crippen molar-refractivity contribution in [1.29, 1.82) is 0 Å². The minimum absolute atomic E-state index is 0.0856. The summed E-state index contributed by atoms with van der Waals surface area (Å²) < 4.78 is 1.72. The first-order chi connectivity index (χ1) is 13.5. The first kappa shape index (κ1) is 17.9. The fourth-order valence-corrected chi connectivity index (χ4v) is 3.26. The Kier molecular flexibility index (Phi) is 4.61. The second kappa shape index (κ2) is 7.23. The van der Waals surface area contributed by atoms with Crippen LogP contribution in [0.4, 0.5) is 5.69 Å². The Morgan fingerprint density at radius 2 is 1.79 bits per heavy atom. The number of para-hydroxylation sites is 1. The van der Waals surface area contributed by atoms with E-state index in [2.05, 4.69) is 20.4 Å².